The normalized spacial score (nSPS) is 34.8. The van der Waals surface area contributed by atoms with Crippen LogP contribution in [-0.4, -0.2) is 24.3 Å². The second-order valence-corrected chi connectivity index (χ2v) is 15.4. The molecule has 0 radical (unpaired) electrons. The molecular weight excluding hydrogens is 544 g/mol. The first kappa shape index (κ1) is 33.0. The fraction of sp³-hybridized carbons (Fsp3) is 0.675. The van der Waals surface area contributed by atoms with Crippen molar-refractivity contribution in [1.29, 1.82) is 0 Å². The summed E-state index contributed by atoms with van der Waals surface area (Å²) in [6.07, 6.45) is 21.7. The predicted molar refractivity (Wildman–Crippen MR) is 180 cm³/mol. The van der Waals surface area contributed by atoms with Crippen molar-refractivity contribution in [2.45, 2.75) is 112 Å². The van der Waals surface area contributed by atoms with Crippen LogP contribution >= 0.6 is 0 Å². The summed E-state index contributed by atoms with van der Waals surface area (Å²) < 4.78 is 11.3. The van der Waals surface area contributed by atoms with Crippen molar-refractivity contribution in [3.05, 3.63) is 59.2 Å². The fourth-order valence-electron chi connectivity index (χ4n) is 10.3. The van der Waals surface area contributed by atoms with Gasteiger partial charge in [-0.05, 0) is 127 Å². The predicted octanol–water partition coefficient (Wildman–Crippen LogP) is 9.57. The largest absolute Gasteiger partial charge is 0.496 e. The van der Waals surface area contributed by atoms with Gasteiger partial charge in [0.25, 0.3) is 0 Å². The summed E-state index contributed by atoms with van der Waals surface area (Å²) in [6.45, 7) is 14.6. The number of hydrogen-bond donors (Lipinski definition) is 1. The number of carbonyl (C=O) groups is 1. The highest BCUT2D eigenvalue weighted by Crippen LogP contribution is 2.67. The van der Waals surface area contributed by atoms with Crippen molar-refractivity contribution in [2.75, 3.05) is 7.11 Å². The smallest absolute Gasteiger partial charge is 0.331 e. The highest BCUT2D eigenvalue weighted by atomic mass is 16.5. The van der Waals surface area contributed by atoms with Gasteiger partial charge in [0.1, 0.15) is 11.9 Å². The maximum Gasteiger partial charge on any atom is 0.331 e. The van der Waals surface area contributed by atoms with E-state index in [4.69, 9.17) is 9.47 Å². The van der Waals surface area contributed by atoms with Gasteiger partial charge >= 0.3 is 5.97 Å². The molecule has 4 nitrogen and oxygen atoms in total. The molecule has 242 valence electrons. The third-order valence-electron chi connectivity index (χ3n) is 12.9. The van der Waals surface area contributed by atoms with E-state index in [0.29, 0.717) is 34.5 Å². The number of allylic oxidation sites excluding steroid dienone is 3. The van der Waals surface area contributed by atoms with E-state index >= 15 is 0 Å². The zero-order valence-electron chi connectivity index (χ0n) is 28.5. The van der Waals surface area contributed by atoms with Crippen molar-refractivity contribution < 1.29 is 19.4 Å². The number of ether oxygens (including phenoxy) is 2. The highest BCUT2D eigenvalue weighted by Gasteiger charge is 2.59. The molecule has 1 N–H and O–H groups in total. The molecule has 9 atom stereocenters. The van der Waals surface area contributed by atoms with Crippen LogP contribution in [0.25, 0.3) is 6.08 Å². The Morgan fingerprint density at radius 3 is 2.57 bits per heavy atom. The van der Waals surface area contributed by atoms with E-state index in [1.54, 1.807) is 18.8 Å². The van der Waals surface area contributed by atoms with Crippen molar-refractivity contribution >= 4 is 12.0 Å². The molecule has 1 aromatic rings. The number of aliphatic hydroxyl groups excluding tert-OH is 1. The summed E-state index contributed by atoms with van der Waals surface area (Å²) in [5.41, 5.74) is 3.78. The van der Waals surface area contributed by atoms with Gasteiger partial charge in [-0.1, -0.05) is 71.4 Å². The van der Waals surface area contributed by atoms with Crippen LogP contribution in [0.5, 0.6) is 5.75 Å². The lowest BCUT2D eigenvalue weighted by Crippen LogP contribution is -2.51. The second-order valence-electron chi connectivity index (χ2n) is 15.4. The Morgan fingerprint density at radius 2 is 1.86 bits per heavy atom. The third kappa shape index (κ3) is 6.35. The molecule has 3 fully saturated rings. The van der Waals surface area contributed by atoms with E-state index in [-0.39, 0.29) is 24.1 Å². The zero-order valence-corrected chi connectivity index (χ0v) is 28.5. The fourth-order valence-corrected chi connectivity index (χ4v) is 10.3. The van der Waals surface area contributed by atoms with Crippen molar-refractivity contribution in [3.8, 4) is 5.75 Å². The first-order chi connectivity index (χ1) is 21.0. The van der Waals surface area contributed by atoms with E-state index < -0.39 is 0 Å². The topological polar surface area (TPSA) is 55.8 Å². The van der Waals surface area contributed by atoms with Gasteiger partial charge in [0, 0.05) is 18.1 Å². The highest BCUT2D eigenvalue weighted by molar-refractivity contribution is 5.87. The van der Waals surface area contributed by atoms with Crippen molar-refractivity contribution in [1.82, 2.24) is 0 Å². The Balaban J connectivity index is 1.22. The molecule has 9 unspecified atom stereocenters. The molecule has 0 amide bonds. The molecule has 0 spiro atoms. The lowest BCUT2D eigenvalue weighted by atomic mass is 9.47. The molecule has 1 aromatic carbocycles. The van der Waals surface area contributed by atoms with Crippen LogP contribution in [0, 0.1) is 52.3 Å². The Morgan fingerprint density at radius 1 is 1.07 bits per heavy atom. The van der Waals surface area contributed by atoms with Gasteiger partial charge in [0.2, 0.25) is 0 Å². The van der Waals surface area contributed by atoms with Crippen LogP contribution in [0.1, 0.15) is 110 Å². The molecule has 0 aromatic heterocycles. The maximum absolute atomic E-state index is 12.8. The van der Waals surface area contributed by atoms with Crippen LogP contribution in [0.3, 0.4) is 0 Å². The molecule has 0 saturated heterocycles. The molecule has 4 aliphatic rings. The molecule has 4 heteroatoms. The summed E-state index contributed by atoms with van der Waals surface area (Å²) >= 11 is 0. The molecule has 0 heterocycles. The van der Waals surface area contributed by atoms with Gasteiger partial charge < -0.3 is 14.6 Å². The number of rotatable bonds is 10. The molecule has 5 rings (SSSR count). The summed E-state index contributed by atoms with van der Waals surface area (Å²) in [7, 11) is 1.59. The number of fused-ring (bicyclic) bond motifs is 5. The van der Waals surface area contributed by atoms with Crippen LogP contribution in [0.15, 0.2) is 48.1 Å². The van der Waals surface area contributed by atoms with Crippen LogP contribution in [0.2, 0.25) is 0 Å². The minimum Gasteiger partial charge on any atom is -0.496 e. The van der Waals surface area contributed by atoms with Crippen LogP contribution in [-0.2, 0) is 16.1 Å². The van der Waals surface area contributed by atoms with Gasteiger partial charge in [-0.2, -0.15) is 0 Å². The van der Waals surface area contributed by atoms with E-state index in [1.165, 1.54) is 44.6 Å². The van der Waals surface area contributed by atoms with E-state index in [0.717, 1.165) is 48.5 Å². The first-order valence-corrected chi connectivity index (χ1v) is 17.6. The van der Waals surface area contributed by atoms with Gasteiger partial charge in [-0.3, -0.25) is 0 Å². The summed E-state index contributed by atoms with van der Waals surface area (Å²) in [6, 6.07) is 5.53. The van der Waals surface area contributed by atoms with Crippen LogP contribution < -0.4 is 4.74 Å². The van der Waals surface area contributed by atoms with E-state index in [1.807, 2.05) is 18.2 Å². The number of benzene rings is 1. The minimum atomic E-state index is -0.290. The zero-order chi connectivity index (χ0) is 31.6. The molecule has 0 aliphatic heterocycles. The Labute approximate surface area is 267 Å². The number of esters is 1. The average Bonchev–Trinajstić information content (AvgIpc) is 3.37. The molecule has 4 aliphatic carbocycles. The van der Waals surface area contributed by atoms with Gasteiger partial charge in [-0.15, -0.1) is 0 Å². The molecule has 0 bridgehead atoms. The van der Waals surface area contributed by atoms with Gasteiger partial charge in [0.15, 0.2) is 0 Å². The quantitative estimate of drug-likeness (QED) is 0.165. The monoisotopic (exact) mass is 602 g/mol. The summed E-state index contributed by atoms with van der Waals surface area (Å²) in [5, 5.41) is 9.60. The Hall–Kier alpha value is -2.33. The second kappa shape index (κ2) is 13.6. The van der Waals surface area contributed by atoms with Crippen molar-refractivity contribution in [2.24, 2.45) is 52.3 Å². The Kier molecular flexibility index (Phi) is 10.2. The lowest BCUT2D eigenvalue weighted by molar-refractivity contribution is -0.145. The average molecular weight is 603 g/mol. The maximum atomic E-state index is 12.8. The SMILES string of the molecule is CCC(C=CC(C)C1CCC2C3CC=C4CC(OC(=O)C=Cc5ccc(OC)c(CO)c5)CCC4(C)C3CCC12C)C(C)C. The lowest BCUT2D eigenvalue weighted by Gasteiger charge is -2.58. The first-order valence-electron chi connectivity index (χ1n) is 17.6. The van der Waals surface area contributed by atoms with Crippen LogP contribution in [0.4, 0.5) is 0 Å². The Bertz CT molecular complexity index is 1260. The summed E-state index contributed by atoms with van der Waals surface area (Å²) in [5.74, 6) is 5.58. The van der Waals surface area contributed by atoms with Gasteiger partial charge in [0.05, 0.1) is 13.7 Å². The molecule has 44 heavy (non-hydrogen) atoms. The number of methoxy groups -OCH3 is 1. The van der Waals surface area contributed by atoms with Crippen molar-refractivity contribution in [3.63, 3.8) is 0 Å². The number of carbonyl (C=O) groups excluding carboxylic acids is 1. The van der Waals surface area contributed by atoms with Gasteiger partial charge in [-0.25, -0.2) is 4.79 Å². The molecule has 3 saturated carbocycles. The number of aliphatic hydroxyl groups is 1. The van der Waals surface area contributed by atoms with E-state index in [2.05, 4.69) is 59.8 Å². The standard InChI is InChI=1S/C40H58O4/c1-8-29(26(2)3)12-9-27(4)34-15-16-35-33-14-13-31-24-32(19-21-39(31,5)36(33)20-22-40(34,35)6)44-38(42)18-11-28-10-17-37(43-7)30(23-28)25-41/h9-13,17-18,23,26-27,29,32-36,41H,8,14-16,19-22,24-25H2,1-7H3. The number of hydrogen-bond acceptors (Lipinski definition) is 4. The molecular formula is C40H58O4. The van der Waals surface area contributed by atoms with E-state index in [9.17, 15) is 9.90 Å². The third-order valence-corrected chi connectivity index (χ3v) is 12.9. The minimum absolute atomic E-state index is 0.0537. The summed E-state index contributed by atoms with van der Waals surface area (Å²) in [4.78, 5) is 12.8.